The zero-order valence-corrected chi connectivity index (χ0v) is 17.1. The van der Waals surface area contributed by atoms with E-state index in [2.05, 4.69) is 4.98 Å². The minimum atomic E-state index is -1.24. The molecule has 2 aromatic rings. The van der Waals surface area contributed by atoms with Gasteiger partial charge in [-0.2, -0.15) is 0 Å². The van der Waals surface area contributed by atoms with Crippen LogP contribution in [0.3, 0.4) is 0 Å². The number of benzene rings is 1. The maximum atomic E-state index is 12.3. The molecular formula is C19H20N4O7S. The van der Waals surface area contributed by atoms with Crippen molar-refractivity contribution in [2.45, 2.75) is 19.3 Å². The summed E-state index contributed by atoms with van der Waals surface area (Å²) in [4.78, 5) is 51.1. The molecule has 1 amide bonds. The van der Waals surface area contributed by atoms with E-state index in [9.17, 15) is 19.2 Å². The van der Waals surface area contributed by atoms with Gasteiger partial charge in [-0.3, -0.25) is 19.8 Å². The third-order valence-electron chi connectivity index (χ3n) is 3.96. The third-order valence-corrected chi connectivity index (χ3v) is 4.87. The van der Waals surface area contributed by atoms with E-state index in [0.29, 0.717) is 10.6 Å². The number of carboxylic acids is 2. The van der Waals surface area contributed by atoms with Gasteiger partial charge in [0.05, 0.1) is 11.4 Å². The molecule has 0 aliphatic heterocycles. The zero-order chi connectivity index (χ0) is 23.0. The summed E-state index contributed by atoms with van der Waals surface area (Å²) >= 11 is 1.14. The number of carboxylic acid groups (broad SMARTS) is 2. The van der Waals surface area contributed by atoms with Gasteiger partial charge in [-0.15, -0.1) is 11.3 Å². The summed E-state index contributed by atoms with van der Waals surface area (Å²) in [6, 6.07) is 6.07. The van der Waals surface area contributed by atoms with Gasteiger partial charge in [0, 0.05) is 30.3 Å². The van der Waals surface area contributed by atoms with E-state index in [1.54, 1.807) is 0 Å². The molecule has 0 saturated heterocycles. The number of aliphatic carboxylic acids is 2. The number of nitrogens with two attached hydrogens (primary N) is 1. The fourth-order valence-electron chi connectivity index (χ4n) is 2.44. The maximum Gasteiger partial charge on any atom is 0.363 e. The molecule has 0 spiro atoms. The van der Waals surface area contributed by atoms with Crippen LogP contribution in [0.2, 0.25) is 0 Å². The quantitative estimate of drug-likeness (QED) is 0.168. The van der Waals surface area contributed by atoms with Crippen molar-refractivity contribution >= 4 is 41.0 Å². The summed E-state index contributed by atoms with van der Waals surface area (Å²) in [6.45, 7) is -0.803. The Morgan fingerprint density at radius 3 is 2.35 bits per heavy atom. The van der Waals surface area contributed by atoms with Crippen LogP contribution < -0.4 is 10.5 Å². The number of aromatic nitrogens is 1. The first-order chi connectivity index (χ1) is 14.7. The van der Waals surface area contributed by atoms with E-state index in [4.69, 9.17) is 26.1 Å². The SMILES string of the molecule is N=C(N)c1ccc(OC(=O)c2csc(CCC(=O)N(CCC(=O)O)CC(=O)O)n2)cc1. The summed E-state index contributed by atoms with van der Waals surface area (Å²) in [7, 11) is 0. The summed E-state index contributed by atoms with van der Waals surface area (Å²) in [5.74, 6) is -3.45. The number of amidine groups is 1. The zero-order valence-electron chi connectivity index (χ0n) is 16.2. The lowest BCUT2D eigenvalue weighted by atomic mass is 10.2. The average molecular weight is 448 g/mol. The molecule has 0 fully saturated rings. The van der Waals surface area contributed by atoms with Crippen LogP contribution >= 0.6 is 11.3 Å². The molecule has 5 N–H and O–H groups in total. The average Bonchev–Trinajstić information content (AvgIpc) is 3.18. The molecule has 0 aliphatic rings. The van der Waals surface area contributed by atoms with Crippen molar-refractivity contribution in [3.8, 4) is 5.75 Å². The Balaban J connectivity index is 1.92. The van der Waals surface area contributed by atoms with Crippen LogP contribution in [0.5, 0.6) is 5.75 Å². The smallest absolute Gasteiger partial charge is 0.363 e. The number of nitrogen functional groups attached to an aromatic ring is 1. The van der Waals surface area contributed by atoms with Crippen molar-refractivity contribution in [1.82, 2.24) is 9.88 Å². The van der Waals surface area contributed by atoms with Crippen LogP contribution in [0.1, 0.15) is 33.9 Å². The number of hydrogen-bond acceptors (Lipinski definition) is 8. The largest absolute Gasteiger partial charge is 0.481 e. The number of ether oxygens (including phenoxy) is 1. The highest BCUT2D eigenvalue weighted by atomic mass is 32.1. The molecule has 0 aliphatic carbocycles. The minimum absolute atomic E-state index is 0.0522. The van der Waals surface area contributed by atoms with E-state index in [1.807, 2.05) is 0 Å². The number of esters is 1. The van der Waals surface area contributed by atoms with Crippen LogP contribution in [0.25, 0.3) is 0 Å². The molecule has 2 rings (SSSR count). The summed E-state index contributed by atoms with van der Waals surface area (Å²) in [5.41, 5.74) is 5.90. The van der Waals surface area contributed by atoms with Gasteiger partial charge in [0.2, 0.25) is 5.91 Å². The number of nitrogens with zero attached hydrogens (tertiary/aromatic N) is 2. The molecule has 11 nitrogen and oxygen atoms in total. The van der Waals surface area contributed by atoms with E-state index in [1.165, 1.54) is 29.6 Å². The standard InChI is InChI=1S/C19H20N4O7S/c20-18(21)11-1-3-12(4-2-11)30-19(29)13-10-31-14(22-13)5-6-15(24)23(9-17(27)28)8-7-16(25)26/h1-4,10H,5-9H2,(H3,20,21)(H,25,26)(H,27,28). The van der Waals surface area contributed by atoms with Crippen molar-refractivity contribution in [1.29, 1.82) is 5.41 Å². The van der Waals surface area contributed by atoms with Crippen molar-refractivity contribution in [2.24, 2.45) is 5.73 Å². The van der Waals surface area contributed by atoms with Gasteiger partial charge in [-0.25, -0.2) is 9.78 Å². The molecule has 0 atom stereocenters. The first-order valence-corrected chi connectivity index (χ1v) is 9.86. The molecule has 0 unspecified atom stereocenters. The number of rotatable bonds is 11. The molecule has 1 aromatic heterocycles. The molecular weight excluding hydrogens is 428 g/mol. The minimum Gasteiger partial charge on any atom is -0.481 e. The Morgan fingerprint density at radius 1 is 1.10 bits per heavy atom. The van der Waals surface area contributed by atoms with Crippen molar-refractivity contribution in [3.05, 3.63) is 45.9 Å². The first-order valence-electron chi connectivity index (χ1n) is 8.98. The molecule has 0 bridgehead atoms. The Morgan fingerprint density at radius 2 is 1.77 bits per heavy atom. The van der Waals surface area contributed by atoms with Gasteiger partial charge < -0.3 is 25.6 Å². The Hall–Kier alpha value is -3.80. The molecule has 164 valence electrons. The van der Waals surface area contributed by atoms with Crippen molar-refractivity contribution in [3.63, 3.8) is 0 Å². The second-order valence-electron chi connectivity index (χ2n) is 6.31. The van der Waals surface area contributed by atoms with Gasteiger partial charge in [-0.05, 0) is 24.3 Å². The van der Waals surface area contributed by atoms with E-state index < -0.39 is 30.4 Å². The van der Waals surface area contributed by atoms with Crippen LogP contribution in [0.15, 0.2) is 29.6 Å². The summed E-state index contributed by atoms with van der Waals surface area (Å²) in [5, 5.41) is 26.9. The lowest BCUT2D eigenvalue weighted by molar-refractivity contribution is -0.146. The lowest BCUT2D eigenvalue weighted by Crippen LogP contribution is -2.37. The van der Waals surface area contributed by atoms with Gasteiger partial charge >= 0.3 is 17.9 Å². The molecule has 0 saturated carbocycles. The molecule has 1 aromatic carbocycles. The highest BCUT2D eigenvalue weighted by molar-refractivity contribution is 7.09. The van der Waals surface area contributed by atoms with Gasteiger partial charge in [0.15, 0.2) is 5.69 Å². The normalized spacial score (nSPS) is 10.3. The van der Waals surface area contributed by atoms with Crippen molar-refractivity contribution in [2.75, 3.05) is 13.1 Å². The Kier molecular flexibility index (Phi) is 8.20. The Bertz CT molecular complexity index is 987. The number of carbonyl (C=O) groups excluding carboxylic acids is 2. The van der Waals surface area contributed by atoms with Crippen LogP contribution in [0.4, 0.5) is 0 Å². The lowest BCUT2D eigenvalue weighted by Gasteiger charge is -2.19. The second-order valence-corrected chi connectivity index (χ2v) is 7.25. The monoisotopic (exact) mass is 448 g/mol. The number of amides is 1. The predicted octanol–water partition coefficient (Wildman–Crippen LogP) is 0.967. The predicted molar refractivity (Wildman–Crippen MR) is 109 cm³/mol. The number of hydrogen-bond donors (Lipinski definition) is 4. The molecule has 0 radical (unpaired) electrons. The van der Waals surface area contributed by atoms with Crippen LogP contribution in [-0.2, 0) is 20.8 Å². The fraction of sp³-hybridized carbons (Fsp3) is 0.263. The second kappa shape index (κ2) is 10.8. The fourth-order valence-corrected chi connectivity index (χ4v) is 3.21. The number of carbonyl (C=O) groups is 4. The number of thiazole rings is 1. The first kappa shape index (κ1) is 23.5. The summed E-state index contributed by atoms with van der Waals surface area (Å²) < 4.78 is 5.21. The summed E-state index contributed by atoms with van der Waals surface area (Å²) in [6.07, 6.45) is -0.283. The van der Waals surface area contributed by atoms with E-state index in [-0.39, 0.29) is 43.1 Å². The molecule has 31 heavy (non-hydrogen) atoms. The van der Waals surface area contributed by atoms with Gasteiger partial charge in [-0.1, -0.05) is 0 Å². The Labute approximate surface area is 180 Å². The molecule has 12 heteroatoms. The number of nitrogens with one attached hydrogen (secondary N) is 1. The molecule has 1 heterocycles. The topological polar surface area (TPSA) is 184 Å². The third kappa shape index (κ3) is 7.51. The van der Waals surface area contributed by atoms with Crippen LogP contribution in [0, 0.1) is 5.41 Å². The highest BCUT2D eigenvalue weighted by Crippen LogP contribution is 2.17. The highest BCUT2D eigenvalue weighted by Gasteiger charge is 2.19. The van der Waals surface area contributed by atoms with Gasteiger partial charge in [0.1, 0.15) is 18.1 Å². The van der Waals surface area contributed by atoms with Crippen molar-refractivity contribution < 1.29 is 34.1 Å². The van der Waals surface area contributed by atoms with E-state index >= 15 is 0 Å². The van der Waals surface area contributed by atoms with E-state index in [0.717, 1.165) is 16.2 Å². The van der Waals surface area contributed by atoms with Crippen LogP contribution in [-0.4, -0.2) is 62.8 Å². The van der Waals surface area contributed by atoms with Gasteiger partial charge in [0.25, 0.3) is 0 Å². The maximum absolute atomic E-state index is 12.3. The number of aryl methyl sites for hydroxylation is 1.